The molecule has 3 N–H and O–H groups in total. The van der Waals surface area contributed by atoms with Crippen molar-refractivity contribution in [3.63, 3.8) is 0 Å². The molecule has 1 saturated heterocycles. The Morgan fingerprint density at radius 2 is 2.10 bits per heavy atom. The zero-order valence-electron chi connectivity index (χ0n) is 16.0. The van der Waals surface area contributed by atoms with Gasteiger partial charge in [-0.1, -0.05) is 0 Å². The normalized spacial score (nSPS) is 19.8. The van der Waals surface area contributed by atoms with Crippen LogP contribution in [0.5, 0.6) is 0 Å². The fourth-order valence-corrected chi connectivity index (χ4v) is 3.51. The zero-order valence-corrected chi connectivity index (χ0v) is 16.0. The van der Waals surface area contributed by atoms with Crippen LogP contribution in [0.1, 0.15) is 41.7 Å². The molecule has 2 aromatic rings. The molecule has 0 bridgehead atoms. The van der Waals surface area contributed by atoms with Crippen molar-refractivity contribution < 1.29 is 18.0 Å². The average Bonchev–Trinajstić information content (AvgIpc) is 3.43. The van der Waals surface area contributed by atoms with Gasteiger partial charge in [-0.2, -0.15) is 13.2 Å². The van der Waals surface area contributed by atoms with E-state index in [1.54, 1.807) is 11.9 Å². The summed E-state index contributed by atoms with van der Waals surface area (Å²) in [6.07, 6.45) is 1.34. The lowest BCUT2D eigenvalue weighted by atomic mass is 10.1. The molecule has 0 unspecified atom stereocenters. The summed E-state index contributed by atoms with van der Waals surface area (Å²) in [6.45, 7) is 1.63. The van der Waals surface area contributed by atoms with E-state index < -0.39 is 11.7 Å². The fraction of sp³-hybridized carbons (Fsp3) is 0.526. The lowest BCUT2D eigenvalue weighted by Gasteiger charge is -2.24. The Morgan fingerprint density at radius 3 is 2.76 bits per heavy atom. The van der Waals surface area contributed by atoms with E-state index in [2.05, 4.69) is 25.6 Å². The summed E-state index contributed by atoms with van der Waals surface area (Å²) in [5.41, 5.74) is -0.731. The van der Waals surface area contributed by atoms with E-state index in [4.69, 9.17) is 0 Å². The predicted octanol–water partition coefficient (Wildman–Crippen LogP) is 2.89. The second-order valence-electron chi connectivity index (χ2n) is 7.59. The first kappa shape index (κ1) is 19.7. The van der Waals surface area contributed by atoms with E-state index in [9.17, 15) is 18.0 Å². The summed E-state index contributed by atoms with van der Waals surface area (Å²) in [7, 11) is 1.70. The number of hydrogen-bond donors (Lipinski definition) is 3. The van der Waals surface area contributed by atoms with E-state index in [1.165, 1.54) is 12.3 Å². The Bertz CT molecular complexity index is 886. The molecule has 7 nitrogen and oxygen atoms in total. The molecule has 2 aromatic heterocycles. The molecule has 0 radical (unpaired) electrons. The second-order valence-corrected chi connectivity index (χ2v) is 7.59. The van der Waals surface area contributed by atoms with Gasteiger partial charge in [-0.05, 0) is 38.3 Å². The lowest BCUT2D eigenvalue weighted by molar-refractivity contribution is -0.137. The summed E-state index contributed by atoms with van der Waals surface area (Å²) in [6, 6.07) is 1.69. The molecular weight excluding hydrogens is 385 g/mol. The molecule has 1 amide bonds. The first-order chi connectivity index (χ1) is 13.8. The summed E-state index contributed by atoms with van der Waals surface area (Å²) < 4.78 is 40.6. The van der Waals surface area contributed by atoms with E-state index >= 15 is 0 Å². The van der Waals surface area contributed by atoms with Crippen LogP contribution >= 0.6 is 0 Å². The second kappa shape index (κ2) is 7.66. The van der Waals surface area contributed by atoms with Crippen LogP contribution in [0.2, 0.25) is 0 Å². The van der Waals surface area contributed by atoms with Gasteiger partial charge < -0.3 is 20.5 Å². The van der Waals surface area contributed by atoms with Gasteiger partial charge in [-0.25, -0.2) is 9.97 Å². The first-order valence-corrected chi connectivity index (χ1v) is 9.70. The van der Waals surface area contributed by atoms with Crippen molar-refractivity contribution in [2.45, 2.75) is 43.9 Å². The number of aromatic amines is 1. The van der Waals surface area contributed by atoms with Crippen LogP contribution in [0.3, 0.4) is 0 Å². The van der Waals surface area contributed by atoms with Gasteiger partial charge in [0.2, 0.25) is 5.95 Å². The van der Waals surface area contributed by atoms with Crippen molar-refractivity contribution in [1.29, 1.82) is 0 Å². The Hall–Kier alpha value is -2.62. The third-order valence-electron chi connectivity index (χ3n) is 5.33. The molecule has 1 aliphatic heterocycles. The number of alkyl halides is 3. The van der Waals surface area contributed by atoms with Crippen LogP contribution in [0.15, 0.2) is 18.5 Å². The van der Waals surface area contributed by atoms with Crippen molar-refractivity contribution >= 4 is 11.9 Å². The van der Waals surface area contributed by atoms with Gasteiger partial charge in [0.05, 0.1) is 5.69 Å². The van der Waals surface area contributed by atoms with Gasteiger partial charge >= 0.3 is 6.18 Å². The van der Waals surface area contributed by atoms with Gasteiger partial charge in [0, 0.05) is 43.6 Å². The van der Waals surface area contributed by atoms with Crippen LogP contribution in [0.4, 0.5) is 19.1 Å². The molecule has 1 saturated carbocycles. The molecule has 4 rings (SSSR count). The number of halogens is 3. The maximum Gasteiger partial charge on any atom is 0.419 e. The number of anilines is 1. The maximum absolute atomic E-state index is 13.5. The van der Waals surface area contributed by atoms with E-state index in [0.29, 0.717) is 6.54 Å². The van der Waals surface area contributed by atoms with Crippen molar-refractivity contribution in [2.24, 2.45) is 0 Å². The van der Waals surface area contributed by atoms with E-state index in [1.807, 2.05) is 0 Å². The molecule has 156 valence electrons. The van der Waals surface area contributed by atoms with Crippen LogP contribution in [-0.2, 0) is 6.18 Å². The van der Waals surface area contributed by atoms with Crippen molar-refractivity contribution in [2.75, 3.05) is 25.5 Å². The molecule has 1 atom stereocenters. The fourth-order valence-electron chi connectivity index (χ4n) is 3.51. The number of carbonyl (C=O) groups excluding carboxylic acids is 1. The number of H-pyrrole nitrogens is 1. The molecular formula is C19H23F3N6O. The quantitative estimate of drug-likeness (QED) is 0.708. The number of carbonyl (C=O) groups is 1. The lowest BCUT2D eigenvalue weighted by Crippen LogP contribution is -2.38. The van der Waals surface area contributed by atoms with Crippen molar-refractivity contribution in [3.8, 4) is 11.3 Å². The van der Waals surface area contributed by atoms with Crippen LogP contribution in [0.25, 0.3) is 11.3 Å². The molecule has 3 heterocycles. The maximum atomic E-state index is 13.5. The smallest absolute Gasteiger partial charge is 0.357 e. The third-order valence-corrected chi connectivity index (χ3v) is 5.33. The van der Waals surface area contributed by atoms with Crippen LogP contribution in [-0.4, -0.2) is 58.0 Å². The van der Waals surface area contributed by atoms with Gasteiger partial charge in [0.15, 0.2) is 0 Å². The Kier molecular flexibility index (Phi) is 5.20. The Balaban J connectivity index is 1.63. The molecule has 2 fully saturated rings. The average molecular weight is 408 g/mol. The van der Waals surface area contributed by atoms with E-state index in [0.717, 1.165) is 38.4 Å². The molecule has 1 aliphatic carbocycles. The van der Waals surface area contributed by atoms with Gasteiger partial charge in [-0.3, -0.25) is 4.79 Å². The highest BCUT2D eigenvalue weighted by Crippen LogP contribution is 2.36. The minimum absolute atomic E-state index is 0.0592. The number of piperidine rings is 1. The van der Waals surface area contributed by atoms with Crippen LogP contribution in [0, 0.1) is 0 Å². The SMILES string of the molecule is CN(C(=O)c1cc(-c2nc(N[C@H]3CCCNC3)ncc2C(F)(F)F)c[nH]1)C1CC1. The zero-order chi connectivity index (χ0) is 20.6. The topological polar surface area (TPSA) is 85.9 Å². The highest BCUT2D eigenvalue weighted by Gasteiger charge is 2.36. The number of nitrogens with zero attached hydrogens (tertiary/aromatic N) is 3. The third kappa shape index (κ3) is 4.36. The number of nitrogens with one attached hydrogen (secondary N) is 3. The minimum atomic E-state index is -4.60. The highest BCUT2D eigenvalue weighted by atomic mass is 19.4. The summed E-state index contributed by atoms with van der Waals surface area (Å²) in [4.78, 5) is 24.9. The molecule has 29 heavy (non-hydrogen) atoms. The summed E-state index contributed by atoms with van der Waals surface area (Å²) in [5.74, 6) is -0.0983. The monoisotopic (exact) mass is 408 g/mol. The number of rotatable bonds is 5. The minimum Gasteiger partial charge on any atom is -0.357 e. The van der Waals surface area contributed by atoms with Crippen molar-refractivity contribution in [3.05, 3.63) is 29.7 Å². The van der Waals surface area contributed by atoms with Crippen molar-refractivity contribution in [1.82, 2.24) is 25.2 Å². The number of aromatic nitrogens is 3. The Labute approximate surface area is 166 Å². The standard InChI is InChI=1S/C19H23F3N6O/c1-28(13-4-5-13)17(29)15-7-11(8-24-15)16-14(19(20,21)22)10-25-18(27-16)26-12-3-2-6-23-9-12/h7-8,10,12-13,23-24H,2-6,9H2,1H3,(H,25,26,27)/t12-/m0/s1. The van der Waals surface area contributed by atoms with Gasteiger partial charge in [0.1, 0.15) is 11.3 Å². The largest absolute Gasteiger partial charge is 0.419 e. The molecule has 0 aromatic carbocycles. The number of amides is 1. The summed E-state index contributed by atoms with van der Waals surface area (Å²) >= 11 is 0. The molecule has 0 spiro atoms. The molecule has 10 heteroatoms. The van der Waals surface area contributed by atoms with Crippen LogP contribution < -0.4 is 10.6 Å². The van der Waals surface area contributed by atoms with Gasteiger partial charge in [-0.15, -0.1) is 0 Å². The molecule has 2 aliphatic rings. The number of hydrogen-bond acceptors (Lipinski definition) is 5. The van der Waals surface area contributed by atoms with Gasteiger partial charge in [0.25, 0.3) is 5.91 Å². The Morgan fingerprint density at radius 1 is 1.31 bits per heavy atom. The summed E-state index contributed by atoms with van der Waals surface area (Å²) in [5, 5.41) is 6.34. The highest BCUT2D eigenvalue weighted by molar-refractivity contribution is 5.94. The first-order valence-electron chi connectivity index (χ1n) is 9.70. The predicted molar refractivity (Wildman–Crippen MR) is 101 cm³/mol. The van der Waals surface area contributed by atoms with E-state index in [-0.39, 0.29) is 40.9 Å².